The standard InChI is InChI=1S/C15H21N3O3S2/c1-3-16-15(22)18-10-4-9-17(18)14(19)11-12-5-7-13(8-6-12)23(2,20)21/h5-8H,3-4,9-11H2,1-2H3,(H,16,22). The minimum absolute atomic E-state index is 0.0464. The minimum Gasteiger partial charge on any atom is -0.361 e. The summed E-state index contributed by atoms with van der Waals surface area (Å²) in [5.74, 6) is -0.0464. The van der Waals surface area contributed by atoms with E-state index in [0.29, 0.717) is 18.2 Å². The molecule has 0 radical (unpaired) electrons. The van der Waals surface area contributed by atoms with Gasteiger partial charge in [-0.1, -0.05) is 12.1 Å². The molecule has 1 fully saturated rings. The summed E-state index contributed by atoms with van der Waals surface area (Å²) in [6.45, 7) is 4.04. The van der Waals surface area contributed by atoms with Gasteiger partial charge in [-0.25, -0.2) is 8.42 Å². The fourth-order valence-electron chi connectivity index (χ4n) is 2.45. The summed E-state index contributed by atoms with van der Waals surface area (Å²) in [7, 11) is -3.22. The second-order valence-electron chi connectivity index (χ2n) is 5.42. The third-order valence-corrected chi connectivity index (χ3v) is 5.07. The third-order valence-electron chi connectivity index (χ3n) is 3.59. The molecule has 1 aliphatic rings. The lowest BCUT2D eigenvalue weighted by molar-refractivity contribution is -0.138. The molecule has 1 amide bonds. The summed E-state index contributed by atoms with van der Waals surface area (Å²) >= 11 is 5.29. The second-order valence-corrected chi connectivity index (χ2v) is 7.82. The van der Waals surface area contributed by atoms with Crippen molar-refractivity contribution in [2.75, 3.05) is 25.9 Å². The zero-order chi connectivity index (χ0) is 17.0. The Balaban J connectivity index is 2.05. The monoisotopic (exact) mass is 355 g/mol. The van der Waals surface area contributed by atoms with Gasteiger partial charge in [-0.2, -0.15) is 0 Å². The van der Waals surface area contributed by atoms with E-state index in [9.17, 15) is 13.2 Å². The number of nitrogens with one attached hydrogen (secondary N) is 1. The van der Waals surface area contributed by atoms with E-state index in [2.05, 4.69) is 5.32 Å². The van der Waals surface area contributed by atoms with Crippen LogP contribution < -0.4 is 5.32 Å². The van der Waals surface area contributed by atoms with Gasteiger partial charge in [0.25, 0.3) is 0 Å². The maximum Gasteiger partial charge on any atom is 0.245 e. The van der Waals surface area contributed by atoms with Crippen LogP contribution in [0.1, 0.15) is 18.9 Å². The molecule has 0 bridgehead atoms. The number of hydrogen-bond donors (Lipinski definition) is 1. The number of hydrogen-bond acceptors (Lipinski definition) is 4. The van der Waals surface area contributed by atoms with E-state index in [0.717, 1.165) is 24.8 Å². The molecule has 1 aromatic rings. The maximum absolute atomic E-state index is 12.5. The Morgan fingerprint density at radius 3 is 2.39 bits per heavy atom. The second kappa shape index (κ2) is 7.27. The molecule has 0 aliphatic carbocycles. The smallest absolute Gasteiger partial charge is 0.245 e. The van der Waals surface area contributed by atoms with Gasteiger partial charge in [0.2, 0.25) is 5.91 Å². The first kappa shape index (κ1) is 17.7. The van der Waals surface area contributed by atoms with Crippen LogP contribution >= 0.6 is 12.2 Å². The van der Waals surface area contributed by atoms with Crippen LogP contribution in [0.15, 0.2) is 29.2 Å². The zero-order valence-corrected chi connectivity index (χ0v) is 14.9. The van der Waals surface area contributed by atoms with Crippen molar-refractivity contribution in [2.24, 2.45) is 0 Å². The van der Waals surface area contributed by atoms with Crippen LogP contribution in [-0.2, 0) is 21.1 Å². The van der Waals surface area contributed by atoms with E-state index in [1.807, 2.05) is 6.92 Å². The molecule has 0 atom stereocenters. The van der Waals surface area contributed by atoms with Crippen LogP contribution in [0.3, 0.4) is 0 Å². The van der Waals surface area contributed by atoms with Crippen molar-refractivity contribution in [3.05, 3.63) is 29.8 Å². The van der Waals surface area contributed by atoms with Gasteiger partial charge in [0.05, 0.1) is 11.3 Å². The molecule has 1 aliphatic heterocycles. The number of carbonyl (C=O) groups is 1. The molecule has 0 aromatic heterocycles. The van der Waals surface area contributed by atoms with Crippen molar-refractivity contribution in [1.82, 2.24) is 15.3 Å². The average molecular weight is 355 g/mol. The molecule has 23 heavy (non-hydrogen) atoms. The predicted molar refractivity (Wildman–Crippen MR) is 92.6 cm³/mol. The van der Waals surface area contributed by atoms with Gasteiger partial charge in [0.1, 0.15) is 0 Å². The molecule has 0 saturated carbocycles. The van der Waals surface area contributed by atoms with Crippen molar-refractivity contribution in [3.63, 3.8) is 0 Å². The molecule has 2 rings (SSSR count). The highest BCUT2D eigenvalue weighted by Crippen LogP contribution is 2.15. The molecule has 1 heterocycles. The number of nitrogens with zero attached hydrogens (tertiary/aromatic N) is 2. The fraction of sp³-hybridized carbons (Fsp3) is 0.467. The number of amides is 1. The lowest BCUT2D eigenvalue weighted by Crippen LogP contribution is -2.49. The number of hydrazine groups is 1. The third kappa shape index (κ3) is 4.42. The summed E-state index contributed by atoms with van der Waals surface area (Å²) in [6.07, 6.45) is 2.26. The van der Waals surface area contributed by atoms with Crippen LogP contribution in [0.25, 0.3) is 0 Å². The van der Waals surface area contributed by atoms with Gasteiger partial charge in [-0.3, -0.25) is 14.8 Å². The lowest BCUT2D eigenvalue weighted by atomic mass is 10.1. The zero-order valence-electron chi connectivity index (χ0n) is 13.3. The molecular formula is C15H21N3O3S2. The molecule has 8 heteroatoms. The highest BCUT2D eigenvalue weighted by Gasteiger charge is 2.28. The number of thiocarbonyl (C=S) groups is 1. The van der Waals surface area contributed by atoms with Gasteiger partial charge >= 0.3 is 0 Å². The predicted octanol–water partition coefficient (Wildman–Crippen LogP) is 0.976. The van der Waals surface area contributed by atoms with E-state index >= 15 is 0 Å². The van der Waals surface area contributed by atoms with Crippen LogP contribution in [0, 0.1) is 0 Å². The molecule has 1 aromatic carbocycles. The van der Waals surface area contributed by atoms with Crippen molar-refractivity contribution in [3.8, 4) is 0 Å². The Bertz CT molecular complexity index is 686. The van der Waals surface area contributed by atoms with Crippen LogP contribution in [0.5, 0.6) is 0 Å². The van der Waals surface area contributed by atoms with E-state index in [-0.39, 0.29) is 17.2 Å². The Labute approximate surface area is 142 Å². The summed E-state index contributed by atoms with van der Waals surface area (Å²) in [5.41, 5.74) is 0.781. The van der Waals surface area contributed by atoms with Crippen molar-refractivity contribution < 1.29 is 13.2 Å². The molecule has 6 nitrogen and oxygen atoms in total. The molecule has 126 valence electrons. The van der Waals surface area contributed by atoms with E-state index in [1.54, 1.807) is 22.2 Å². The number of rotatable bonds is 4. The van der Waals surface area contributed by atoms with Gasteiger partial charge in [-0.15, -0.1) is 0 Å². The topological polar surface area (TPSA) is 69.7 Å². The van der Waals surface area contributed by atoms with Gasteiger partial charge in [0, 0.05) is 25.9 Å². The quantitative estimate of drug-likeness (QED) is 0.812. The SMILES string of the molecule is CCNC(=S)N1CCCN1C(=O)Cc1ccc(S(C)(=O)=O)cc1. The van der Waals surface area contributed by atoms with Crippen molar-refractivity contribution in [1.29, 1.82) is 0 Å². The molecular weight excluding hydrogens is 334 g/mol. The summed E-state index contributed by atoms with van der Waals surface area (Å²) in [5, 5.41) is 7.08. The first-order valence-electron chi connectivity index (χ1n) is 7.47. The van der Waals surface area contributed by atoms with Gasteiger partial charge < -0.3 is 5.32 Å². The first-order chi connectivity index (χ1) is 10.8. The lowest BCUT2D eigenvalue weighted by Gasteiger charge is -2.30. The summed E-state index contributed by atoms with van der Waals surface area (Å²) < 4.78 is 22.9. The molecule has 0 unspecified atom stereocenters. The van der Waals surface area contributed by atoms with Gasteiger partial charge in [0.15, 0.2) is 14.9 Å². The van der Waals surface area contributed by atoms with Crippen molar-refractivity contribution in [2.45, 2.75) is 24.7 Å². The largest absolute Gasteiger partial charge is 0.361 e. The summed E-state index contributed by atoms with van der Waals surface area (Å²) in [4.78, 5) is 12.7. The number of carbonyl (C=O) groups excluding carboxylic acids is 1. The van der Waals surface area contributed by atoms with Crippen LogP contribution in [0.4, 0.5) is 0 Å². The highest BCUT2D eigenvalue weighted by molar-refractivity contribution is 7.90. The Morgan fingerprint density at radius 1 is 1.22 bits per heavy atom. The molecule has 1 saturated heterocycles. The molecule has 0 spiro atoms. The fourth-order valence-corrected chi connectivity index (χ4v) is 3.41. The average Bonchev–Trinajstić information content (AvgIpc) is 2.96. The normalized spacial score (nSPS) is 14.9. The van der Waals surface area contributed by atoms with E-state index in [4.69, 9.17) is 12.2 Å². The number of sulfone groups is 1. The summed E-state index contributed by atoms with van der Waals surface area (Å²) in [6, 6.07) is 6.42. The van der Waals surface area contributed by atoms with E-state index in [1.165, 1.54) is 12.1 Å². The van der Waals surface area contributed by atoms with Crippen LogP contribution in [0.2, 0.25) is 0 Å². The Morgan fingerprint density at radius 2 is 1.83 bits per heavy atom. The Hall–Kier alpha value is -1.67. The number of benzene rings is 1. The van der Waals surface area contributed by atoms with Gasteiger partial charge in [-0.05, 0) is 43.3 Å². The highest BCUT2D eigenvalue weighted by atomic mass is 32.2. The maximum atomic E-state index is 12.5. The first-order valence-corrected chi connectivity index (χ1v) is 9.77. The van der Waals surface area contributed by atoms with Crippen molar-refractivity contribution >= 4 is 33.1 Å². The van der Waals surface area contributed by atoms with Crippen LogP contribution in [-0.4, -0.2) is 55.3 Å². The molecule has 1 N–H and O–H groups in total. The Kier molecular flexibility index (Phi) is 5.59. The van der Waals surface area contributed by atoms with E-state index < -0.39 is 9.84 Å². The minimum atomic E-state index is -3.22.